The smallest absolute Gasteiger partial charge is 0.405 e. The van der Waals surface area contributed by atoms with Crippen LogP contribution in [0.4, 0.5) is 13.2 Å². The number of alkyl halides is 3. The van der Waals surface area contributed by atoms with E-state index in [1.165, 1.54) is 5.56 Å². The van der Waals surface area contributed by atoms with Crippen LogP contribution >= 0.6 is 11.8 Å². The average molecular weight is 417 g/mol. The lowest BCUT2D eigenvalue weighted by Gasteiger charge is -2.19. The van der Waals surface area contributed by atoms with Gasteiger partial charge in [-0.25, -0.2) is 4.68 Å². The second-order valence-electron chi connectivity index (χ2n) is 7.01. The van der Waals surface area contributed by atoms with E-state index in [1.54, 1.807) is 5.32 Å². The quantitative estimate of drug-likeness (QED) is 0.531. The molecule has 0 aliphatic rings. The molecule has 28 heavy (non-hydrogen) atoms. The second kappa shape index (κ2) is 8.72. The molecule has 7 nitrogen and oxygen atoms in total. The third kappa shape index (κ3) is 6.63. The fourth-order valence-electron chi connectivity index (χ4n) is 2.08. The van der Waals surface area contributed by atoms with Crippen molar-refractivity contribution in [1.29, 1.82) is 0 Å². The lowest BCUT2D eigenvalue weighted by atomic mass is 9.87. The van der Waals surface area contributed by atoms with Gasteiger partial charge in [-0.2, -0.15) is 13.2 Å². The summed E-state index contributed by atoms with van der Waals surface area (Å²) in [6.45, 7) is 5.01. The summed E-state index contributed by atoms with van der Waals surface area (Å²) in [6, 6.07) is 7.64. The minimum atomic E-state index is -4.45. The van der Waals surface area contributed by atoms with Gasteiger partial charge in [0.15, 0.2) is 5.82 Å². The second-order valence-corrected chi connectivity index (χ2v) is 7.95. The number of carbonyl (C=O) groups is 1. The highest BCUT2D eigenvalue weighted by atomic mass is 32.2. The molecule has 0 fully saturated rings. The van der Waals surface area contributed by atoms with Gasteiger partial charge < -0.3 is 15.9 Å². The van der Waals surface area contributed by atoms with Gasteiger partial charge in [0.2, 0.25) is 11.1 Å². The van der Waals surface area contributed by atoms with E-state index in [2.05, 4.69) is 31.0 Å². The van der Waals surface area contributed by atoms with Crippen molar-refractivity contribution in [2.75, 3.05) is 18.1 Å². The van der Waals surface area contributed by atoms with Crippen LogP contribution in [0.25, 0.3) is 0 Å². The molecule has 0 saturated carbocycles. The number of ether oxygens (including phenoxy) is 1. The summed E-state index contributed by atoms with van der Waals surface area (Å²) in [5, 5.41) is 9.68. The van der Waals surface area contributed by atoms with Crippen LogP contribution in [0.2, 0.25) is 0 Å². The Morgan fingerprint density at radius 1 is 1.21 bits per heavy atom. The van der Waals surface area contributed by atoms with E-state index in [4.69, 9.17) is 10.6 Å². The molecule has 0 atom stereocenters. The third-order valence-electron chi connectivity index (χ3n) is 3.64. The summed E-state index contributed by atoms with van der Waals surface area (Å²) in [5.74, 6) is 5.77. The molecule has 2 aromatic rings. The number of carbonyl (C=O) groups excluding carboxylic acids is 1. The predicted octanol–water partition coefficient (Wildman–Crippen LogP) is 2.64. The van der Waals surface area contributed by atoms with Gasteiger partial charge in [0.05, 0.1) is 5.75 Å². The van der Waals surface area contributed by atoms with Gasteiger partial charge in [-0.05, 0) is 23.1 Å². The number of rotatable bonds is 7. The molecule has 0 saturated heterocycles. The monoisotopic (exact) mass is 417 g/mol. The number of nitrogens with one attached hydrogen (secondary N) is 1. The minimum Gasteiger partial charge on any atom is -0.486 e. The van der Waals surface area contributed by atoms with Crippen molar-refractivity contribution >= 4 is 17.7 Å². The summed E-state index contributed by atoms with van der Waals surface area (Å²) in [7, 11) is 0. The van der Waals surface area contributed by atoms with Gasteiger partial charge in [-0.1, -0.05) is 44.7 Å². The van der Waals surface area contributed by atoms with E-state index in [1.807, 2.05) is 24.3 Å². The normalized spacial score (nSPS) is 12.1. The molecule has 0 aliphatic heterocycles. The number of nitrogens with zero attached hydrogens (tertiary/aromatic N) is 3. The van der Waals surface area contributed by atoms with Gasteiger partial charge in [-0.3, -0.25) is 4.79 Å². The van der Waals surface area contributed by atoms with Crippen molar-refractivity contribution in [2.24, 2.45) is 0 Å². The van der Waals surface area contributed by atoms with Crippen LogP contribution in [0.3, 0.4) is 0 Å². The van der Waals surface area contributed by atoms with Crippen LogP contribution in [0.5, 0.6) is 5.75 Å². The Morgan fingerprint density at radius 2 is 1.86 bits per heavy atom. The Morgan fingerprint density at radius 3 is 2.43 bits per heavy atom. The van der Waals surface area contributed by atoms with Gasteiger partial charge in [0.1, 0.15) is 18.9 Å². The Hall–Kier alpha value is -2.43. The van der Waals surface area contributed by atoms with Gasteiger partial charge in [0, 0.05) is 0 Å². The first-order valence-corrected chi connectivity index (χ1v) is 9.33. The standard InChI is InChI=1S/C17H22F3N5O2S/c1-16(2,3)11-4-6-12(7-5-11)27-8-13-23-24-15(25(13)21)28-9-14(26)22-10-17(18,19)20/h4-7H,8-10,21H2,1-3H3,(H,22,26). The highest BCUT2D eigenvalue weighted by molar-refractivity contribution is 7.99. The maximum atomic E-state index is 12.1. The zero-order valence-electron chi connectivity index (χ0n) is 15.7. The van der Waals surface area contributed by atoms with Gasteiger partial charge in [0.25, 0.3) is 0 Å². The van der Waals surface area contributed by atoms with Crippen LogP contribution in [0.1, 0.15) is 32.2 Å². The summed E-state index contributed by atoms with van der Waals surface area (Å²) >= 11 is 0.882. The largest absolute Gasteiger partial charge is 0.486 e. The molecular formula is C17H22F3N5O2S. The summed E-state index contributed by atoms with van der Waals surface area (Å²) in [5.41, 5.74) is 1.21. The number of halogens is 3. The Kier molecular flexibility index (Phi) is 6.81. The summed E-state index contributed by atoms with van der Waals surface area (Å²) in [4.78, 5) is 11.4. The van der Waals surface area contributed by atoms with Gasteiger partial charge in [-0.15, -0.1) is 10.2 Å². The van der Waals surface area contributed by atoms with E-state index in [0.717, 1.165) is 16.4 Å². The summed E-state index contributed by atoms with van der Waals surface area (Å²) < 4.78 is 43.0. The van der Waals surface area contributed by atoms with Crippen LogP contribution in [-0.4, -0.2) is 39.3 Å². The number of hydrogen-bond acceptors (Lipinski definition) is 6. The Balaban J connectivity index is 1.86. The van der Waals surface area contributed by atoms with Crippen molar-refractivity contribution in [2.45, 2.75) is 44.1 Å². The first-order valence-electron chi connectivity index (χ1n) is 8.34. The van der Waals surface area contributed by atoms with Crippen LogP contribution < -0.4 is 15.9 Å². The molecule has 0 unspecified atom stereocenters. The number of benzene rings is 1. The predicted molar refractivity (Wildman–Crippen MR) is 99.4 cm³/mol. The molecule has 0 bridgehead atoms. The molecule has 0 radical (unpaired) electrons. The highest BCUT2D eigenvalue weighted by Crippen LogP contribution is 2.24. The van der Waals surface area contributed by atoms with Crippen LogP contribution in [-0.2, 0) is 16.8 Å². The first-order chi connectivity index (χ1) is 13.0. The number of thioether (sulfide) groups is 1. The molecule has 3 N–H and O–H groups in total. The zero-order chi connectivity index (χ0) is 20.9. The third-order valence-corrected chi connectivity index (χ3v) is 4.58. The molecule has 154 valence electrons. The van der Waals surface area contributed by atoms with Crippen LogP contribution in [0.15, 0.2) is 29.4 Å². The van der Waals surface area contributed by atoms with Crippen LogP contribution in [0, 0.1) is 0 Å². The fraction of sp³-hybridized carbons (Fsp3) is 0.471. The lowest BCUT2D eigenvalue weighted by molar-refractivity contribution is -0.136. The number of amides is 1. The minimum absolute atomic E-state index is 0.0362. The molecule has 1 heterocycles. The Bertz CT molecular complexity index is 801. The number of nitrogen functional groups attached to an aromatic ring is 1. The summed E-state index contributed by atoms with van der Waals surface area (Å²) in [6.07, 6.45) is -4.45. The van der Waals surface area contributed by atoms with E-state index in [9.17, 15) is 18.0 Å². The average Bonchev–Trinajstić information content (AvgIpc) is 2.95. The Labute approximate surface area is 164 Å². The van der Waals surface area contributed by atoms with Crippen molar-refractivity contribution in [3.05, 3.63) is 35.7 Å². The molecular weight excluding hydrogens is 395 g/mol. The van der Waals surface area contributed by atoms with E-state index >= 15 is 0 Å². The maximum Gasteiger partial charge on any atom is 0.405 e. The SMILES string of the molecule is CC(C)(C)c1ccc(OCc2nnc(SCC(=O)NCC(F)(F)F)n2N)cc1. The fourth-order valence-corrected chi connectivity index (χ4v) is 2.79. The van der Waals surface area contributed by atoms with Crippen molar-refractivity contribution in [3.8, 4) is 5.75 Å². The number of hydrogen-bond donors (Lipinski definition) is 2. The molecule has 0 spiro atoms. The zero-order valence-corrected chi connectivity index (χ0v) is 16.5. The maximum absolute atomic E-state index is 12.1. The van der Waals surface area contributed by atoms with E-state index in [-0.39, 0.29) is 22.9 Å². The molecule has 11 heteroatoms. The topological polar surface area (TPSA) is 95.1 Å². The van der Waals surface area contributed by atoms with Crippen molar-refractivity contribution in [1.82, 2.24) is 20.2 Å². The van der Waals surface area contributed by atoms with E-state index < -0.39 is 18.6 Å². The highest BCUT2D eigenvalue weighted by Gasteiger charge is 2.27. The molecule has 0 aliphatic carbocycles. The molecule has 2 rings (SSSR count). The van der Waals surface area contributed by atoms with E-state index in [0.29, 0.717) is 11.6 Å². The van der Waals surface area contributed by atoms with Gasteiger partial charge >= 0.3 is 6.18 Å². The first kappa shape index (κ1) is 21.9. The molecule has 1 aromatic carbocycles. The number of aromatic nitrogens is 3. The van der Waals surface area contributed by atoms with Crippen molar-refractivity contribution in [3.63, 3.8) is 0 Å². The number of nitrogens with two attached hydrogens (primary N) is 1. The molecule has 1 amide bonds. The lowest BCUT2D eigenvalue weighted by Crippen LogP contribution is -2.34. The molecule has 1 aromatic heterocycles. The van der Waals surface area contributed by atoms with Crippen molar-refractivity contribution < 1.29 is 22.7 Å².